The zero-order valence-electron chi connectivity index (χ0n) is 8.98. The highest BCUT2D eigenvalue weighted by Crippen LogP contribution is 2.05. The maximum atomic E-state index is 8.72. The number of likely N-dealkylation sites (N-methyl/N-ethyl adjacent to an activating group) is 1. The number of rotatable bonds is 7. The number of nitrogens with two attached hydrogens (primary N) is 1. The van der Waals surface area contributed by atoms with Crippen LogP contribution in [0.1, 0.15) is 26.7 Å². The molecule has 5 heteroatoms. The van der Waals surface area contributed by atoms with Gasteiger partial charge in [-0.05, 0) is 19.4 Å². The molecule has 0 saturated heterocycles. The summed E-state index contributed by atoms with van der Waals surface area (Å²) in [4.78, 5) is 2.09. The van der Waals surface area contributed by atoms with Crippen LogP contribution >= 0.6 is 0 Å². The number of amidine groups is 1. The highest BCUT2D eigenvalue weighted by molar-refractivity contribution is 5.85. The van der Waals surface area contributed by atoms with Gasteiger partial charge in [-0.2, -0.15) is 0 Å². The minimum Gasteiger partial charge on any atom is -0.409 e. The molecule has 0 fully saturated rings. The molecule has 14 heavy (non-hydrogen) atoms. The lowest BCUT2D eigenvalue weighted by Gasteiger charge is -2.28. The molecule has 0 rings (SSSR count). The van der Waals surface area contributed by atoms with Crippen LogP contribution in [0, 0.1) is 0 Å². The van der Waals surface area contributed by atoms with E-state index < -0.39 is 0 Å². The summed E-state index contributed by atoms with van der Waals surface area (Å²) in [5.74, 6) is 0.243. The molecule has 4 N–H and O–H groups in total. The first-order valence-electron chi connectivity index (χ1n) is 5.03. The quantitative estimate of drug-likeness (QED) is 0.239. The molecule has 0 aliphatic heterocycles. The Kier molecular flexibility index (Phi) is 7.14. The van der Waals surface area contributed by atoms with E-state index in [-0.39, 0.29) is 18.5 Å². The lowest BCUT2D eigenvalue weighted by atomic mass is 10.1. The van der Waals surface area contributed by atoms with Gasteiger partial charge >= 0.3 is 0 Å². The molecule has 0 aromatic carbocycles. The van der Waals surface area contributed by atoms with Crippen LogP contribution in [0.2, 0.25) is 0 Å². The molecule has 5 nitrogen and oxygen atoms in total. The molecule has 0 aromatic rings. The first-order valence-corrected chi connectivity index (χ1v) is 5.03. The van der Waals surface area contributed by atoms with Crippen LogP contribution in [0.15, 0.2) is 5.16 Å². The van der Waals surface area contributed by atoms with Gasteiger partial charge in [-0.15, -0.1) is 0 Å². The van der Waals surface area contributed by atoms with E-state index in [1.54, 1.807) is 0 Å². The maximum absolute atomic E-state index is 8.72. The third-order valence-electron chi connectivity index (χ3n) is 2.29. The van der Waals surface area contributed by atoms with Crippen molar-refractivity contribution in [2.45, 2.75) is 32.7 Å². The third-order valence-corrected chi connectivity index (χ3v) is 2.29. The summed E-state index contributed by atoms with van der Waals surface area (Å²) in [6.07, 6.45) is 1.51. The Hall–Kier alpha value is -0.810. The van der Waals surface area contributed by atoms with E-state index in [9.17, 15) is 0 Å². The van der Waals surface area contributed by atoms with Gasteiger partial charge in [-0.3, -0.25) is 4.90 Å². The van der Waals surface area contributed by atoms with Crippen molar-refractivity contribution in [2.75, 3.05) is 19.7 Å². The second kappa shape index (κ2) is 7.58. The van der Waals surface area contributed by atoms with Gasteiger partial charge in [0.15, 0.2) is 5.84 Å². The third kappa shape index (κ3) is 3.93. The Morgan fingerprint density at radius 3 is 2.50 bits per heavy atom. The van der Waals surface area contributed by atoms with Crippen LogP contribution in [-0.4, -0.2) is 46.8 Å². The second-order valence-electron chi connectivity index (χ2n) is 3.15. The van der Waals surface area contributed by atoms with Gasteiger partial charge < -0.3 is 16.0 Å². The number of oxime groups is 1. The Morgan fingerprint density at radius 1 is 1.50 bits per heavy atom. The van der Waals surface area contributed by atoms with E-state index in [2.05, 4.69) is 10.1 Å². The van der Waals surface area contributed by atoms with E-state index in [1.165, 1.54) is 0 Å². The number of hydrogen-bond acceptors (Lipinski definition) is 4. The summed E-state index contributed by atoms with van der Waals surface area (Å²) in [6, 6.07) is -0.0310. The van der Waals surface area contributed by atoms with Gasteiger partial charge in [0.25, 0.3) is 0 Å². The molecule has 0 aliphatic carbocycles. The van der Waals surface area contributed by atoms with Gasteiger partial charge in [-0.25, -0.2) is 0 Å². The maximum Gasteiger partial charge on any atom is 0.156 e. The fraction of sp³-hybridized carbons (Fsp3) is 0.889. The van der Waals surface area contributed by atoms with Crippen molar-refractivity contribution in [1.82, 2.24) is 4.90 Å². The molecule has 0 radical (unpaired) electrons. The van der Waals surface area contributed by atoms with E-state index in [4.69, 9.17) is 16.0 Å². The standard InChI is InChI=1S/C9H21N3O2/c1-3-8(9(10)11-14)12(4-2)6-5-7-13/h8,13-14H,3-7H2,1-2H3,(H2,10,11). The summed E-state index contributed by atoms with van der Waals surface area (Å²) >= 11 is 0. The minimum atomic E-state index is -0.0310. The summed E-state index contributed by atoms with van der Waals surface area (Å²) < 4.78 is 0. The van der Waals surface area contributed by atoms with E-state index in [0.717, 1.165) is 19.5 Å². The lowest BCUT2D eigenvalue weighted by molar-refractivity contribution is 0.205. The normalized spacial score (nSPS) is 14.7. The van der Waals surface area contributed by atoms with Gasteiger partial charge in [0.05, 0.1) is 6.04 Å². The highest BCUT2D eigenvalue weighted by Gasteiger charge is 2.18. The van der Waals surface area contributed by atoms with Crippen molar-refractivity contribution in [2.24, 2.45) is 10.9 Å². The molecule has 1 atom stereocenters. The molecular weight excluding hydrogens is 182 g/mol. The van der Waals surface area contributed by atoms with Crippen LogP contribution in [0.4, 0.5) is 0 Å². The molecule has 0 aromatic heterocycles. The molecule has 84 valence electrons. The predicted octanol–water partition coefficient (Wildman–Crippen LogP) is 0.216. The van der Waals surface area contributed by atoms with Crippen LogP contribution in [0.25, 0.3) is 0 Å². The van der Waals surface area contributed by atoms with Crippen LogP contribution in [0.5, 0.6) is 0 Å². The number of aliphatic hydroxyl groups is 1. The smallest absolute Gasteiger partial charge is 0.156 e. The number of hydrogen-bond donors (Lipinski definition) is 3. The SMILES string of the molecule is CCC(C(N)=NO)N(CC)CCCO. The summed E-state index contributed by atoms with van der Waals surface area (Å²) in [7, 11) is 0. The molecule has 0 amide bonds. The zero-order valence-corrected chi connectivity index (χ0v) is 8.98. The zero-order chi connectivity index (χ0) is 11.0. The van der Waals surface area contributed by atoms with Crippen molar-refractivity contribution in [3.63, 3.8) is 0 Å². The second-order valence-corrected chi connectivity index (χ2v) is 3.15. The Morgan fingerprint density at radius 2 is 2.14 bits per heavy atom. The summed E-state index contributed by atoms with van der Waals surface area (Å²) in [5.41, 5.74) is 5.57. The highest BCUT2D eigenvalue weighted by atomic mass is 16.4. The average molecular weight is 203 g/mol. The fourth-order valence-corrected chi connectivity index (χ4v) is 1.53. The van der Waals surface area contributed by atoms with E-state index in [1.807, 2.05) is 13.8 Å². The largest absolute Gasteiger partial charge is 0.409 e. The first-order chi connectivity index (χ1) is 6.71. The van der Waals surface area contributed by atoms with Gasteiger partial charge in [0.1, 0.15) is 0 Å². The van der Waals surface area contributed by atoms with Crippen molar-refractivity contribution < 1.29 is 10.3 Å². The lowest BCUT2D eigenvalue weighted by Crippen LogP contribution is -2.45. The minimum absolute atomic E-state index is 0.0310. The molecule has 1 unspecified atom stereocenters. The molecule has 0 saturated carbocycles. The monoisotopic (exact) mass is 203 g/mol. The van der Waals surface area contributed by atoms with Crippen molar-refractivity contribution in [3.05, 3.63) is 0 Å². The van der Waals surface area contributed by atoms with Crippen molar-refractivity contribution >= 4 is 5.84 Å². The average Bonchev–Trinajstić information content (AvgIpc) is 2.23. The number of nitrogens with zero attached hydrogens (tertiary/aromatic N) is 2. The predicted molar refractivity (Wildman–Crippen MR) is 56.4 cm³/mol. The summed E-state index contributed by atoms with van der Waals surface area (Å²) in [5, 5.41) is 20.3. The summed E-state index contributed by atoms with van der Waals surface area (Å²) in [6.45, 7) is 5.77. The molecular formula is C9H21N3O2. The van der Waals surface area contributed by atoms with Crippen molar-refractivity contribution in [1.29, 1.82) is 0 Å². The van der Waals surface area contributed by atoms with Crippen LogP contribution < -0.4 is 5.73 Å². The molecule has 0 aliphatic rings. The van der Waals surface area contributed by atoms with E-state index in [0.29, 0.717) is 6.42 Å². The van der Waals surface area contributed by atoms with Crippen LogP contribution in [-0.2, 0) is 0 Å². The Bertz CT molecular complexity index is 173. The van der Waals surface area contributed by atoms with Gasteiger partial charge in [-0.1, -0.05) is 19.0 Å². The molecule has 0 spiro atoms. The Balaban J connectivity index is 4.29. The first kappa shape index (κ1) is 13.2. The topological polar surface area (TPSA) is 82.1 Å². The van der Waals surface area contributed by atoms with Gasteiger partial charge in [0, 0.05) is 13.2 Å². The van der Waals surface area contributed by atoms with Crippen LogP contribution in [0.3, 0.4) is 0 Å². The number of aliphatic hydroxyl groups excluding tert-OH is 1. The Labute approximate surface area is 85.2 Å². The molecule has 0 bridgehead atoms. The van der Waals surface area contributed by atoms with E-state index >= 15 is 0 Å². The van der Waals surface area contributed by atoms with Gasteiger partial charge in [0.2, 0.25) is 0 Å². The molecule has 0 heterocycles. The van der Waals surface area contributed by atoms with Crippen molar-refractivity contribution in [3.8, 4) is 0 Å². The fourth-order valence-electron chi connectivity index (χ4n) is 1.53.